The highest BCUT2D eigenvalue weighted by molar-refractivity contribution is 7.89. The molecule has 1 saturated heterocycles. The zero-order valence-corrected chi connectivity index (χ0v) is 20.0. The Labute approximate surface area is 195 Å². The van der Waals surface area contributed by atoms with E-state index in [1.807, 2.05) is 31.2 Å². The molecule has 0 saturated carbocycles. The van der Waals surface area contributed by atoms with E-state index in [9.17, 15) is 13.2 Å². The number of sulfonamides is 1. The van der Waals surface area contributed by atoms with Crippen molar-refractivity contribution >= 4 is 21.6 Å². The molecule has 33 heavy (non-hydrogen) atoms. The molecule has 9 heteroatoms. The second kappa shape index (κ2) is 11.9. The van der Waals surface area contributed by atoms with Gasteiger partial charge in [-0.15, -0.1) is 0 Å². The molecule has 180 valence electrons. The summed E-state index contributed by atoms with van der Waals surface area (Å²) in [5, 5.41) is 2.81. The van der Waals surface area contributed by atoms with Gasteiger partial charge in [-0.25, -0.2) is 8.42 Å². The topological polar surface area (TPSA) is 94.2 Å². The largest absolute Gasteiger partial charge is 0.497 e. The normalized spacial score (nSPS) is 14.5. The van der Waals surface area contributed by atoms with Gasteiger partial charge in [-0.05, 0) is 68.7 Å². The smallest absolute Gasteiger partial charge is 0.243 e. The molecule has 0 spiro atoms. The van der Waals surface area contributed by atoms with E-state index in [0.29, 0.717) is 49.9 Å². The molecule has 8 nitrogen and oxygen atoms in total. The molecule has 0 radical (unpaired) electrons. The first-order chi connectivity index (χ1) is 15.9. The number of nitrogens with zero attached hydrogens (tertiary/aromatic N) is 1. The number of carbonyl (C=O) groups excluding carboxylic acids is 1. The van der Waals surface area contributed by atoms with Gasteiger partial charge in [0.2, 0.25) is 15.9 Å². The minimum absolute atomic E-state index is 0.158. The molecule has 1 fully saturated rings. The number of hydrogen-bond donors (Lipinski definition) is 1. The van der Waals surface area contributed by atoms with Crippen LogP contribution in [0.2, 0.25) is 0 Å². The van der Waals surface area contributed by atoms with Crippen molar-refractivity contribution < 1.29 is 27.4 Å². The summed E-state index contributed by atoms with van der Waals surface area (Å²) >= 11 is 0. The summed E-state index contributed by atoms with van der Waals surface area (Å²) < 4.78 is 43.9. The monoisotopic (exact) mass is 476 g/mol. The van der Waals surface area contributed by atoms with Crippen LogP contribution in [-0.4, -0.2) is 52.0 Å². The Morgan fingerprint density at radius 1 is 1.00 bits per heavy atom. The molecule has 2 aromatic carbocycles. The predicted molar refractivity (Wildman–Crippen MR) is 127 cm³/mol. The molecular weight excluding hydrogens is 444 g/mol. The van der Waals surface area contributed by atoms with Crippen LogP contribution in [0.15, 0.2) is 47.4 Å². The lowest BCUT2D eigenvalue weighted by Crippen LogP contribution is -2.35. The quantitative estimate of drug-likeness (QED) is 0.492. The maximum absolute atomic E-state index is 13.0. The number of ether oxygens (including phenoxy) is 3. The predicted octanol–water partition coefficient (Wildman–Crippen LogP) is 4.07. The highest BCUT2D eigenvalue weighted by Crippen LogP contribution is 2.30. The fourth-order valence-corrected chi connectivity index (χ4v) is 5.15. The van der Waals surface area contributed by atoms with Crippen molar-refractivity contribution in [2.45, 2.75) is 43.9 Å². The number of methoxy groups -OCH3 is 1. The molecule has 1 amide bonds. The summed E-state index contributed by atoms with van der Waals surface area (Å²) in [6.07, 6.45) is 3.49. The second-order valence-electron chi connectivity index (χ2n) is 7.73. The third kappa shape index (κ3) is 6.85. The van der Waals surface area contributed by atoms with E-state index in [1.54, 1.807) is 13.2 Å². The number of rotatable bonds is 11. The molecule has 3 rings (SSSR count). The number of carbonyl (C=O) groups is 1. The van der Waals surface area contributed by atoms with Crippen LogP contribution >= 0.6 is 0 Å². The summed E-state index contributed by atoms with van der Waals surface area (Å²) in [6, 6.07) is 11.9. The Morgan fingerprint density at radius 3 is 2.36 bits per heavy atom. The van der Waals surface area contributed by atoms with Gasteiger partial charge in [0.1, 0.15) is 17.2 Å². The fraction of sp³-hybridized carbons (Fsp3) is 0.458. The van der Waals surface area contributed by atoms with Crippen LogP contribution in [0.1, 0.15) is 39.0 Å². The standard InChI is InChI=1S/C24H32N2O6S/c1-3-31-23-14-13-21(33(28,29)26-15-5-4-6-16-26)18-22(23)25-24(27)8-7-17-32-20-11-9-19(30-2)10-12-20/h9-14,18H,3-8,15-17H2,1-2H3,(H,25,27). The molecule has 0 atom stereocenters. The molecule has 1 aliphatic heterocycles. The van der Waals surface area contributed by atoms with Gasteiger partial charge in [0, 0.05) is 19.5 Å². The Kier molecular flexibility index (Phi) is 8.96. The van der Waals surface area contributed by atoms with Crippen LogP contribution in [0.4, 0.5) is 5.69 Å². The minimum atomic E-state index is -3.61. The summed E-state index contributed by atoms with van der Waals surface area (Å²) in [5.74, 6) is 1.65. The average molecular weight is 477 g/mol. The molecule has 1 aliphatic rings. The van der Waals surface area contributed by atoms with Crippen LogP contribution < -0.4 is 19.5 Å². The van der Waals surface area contributed by atoms with Gasteiger partial charge in [-0.1, -0.05) is 6.42 Å². The Balaban J connectivity index is 1.60. The summed E-state index contributed by atoms with van der Waals surface area (Å²) in [6.45, 7) is 3.65. The molecule has 0 aliphatic carbocycles. The number of hydrogen-bond acceptors (Lipinski definition) is 6. The SMILES string of the molecule is CCOc1ccc(S(=O)(=O)N2CCCCC2)cc1NC(=O)CCCOc1ccc(OC)cc1. The van der Waals surface area contributed by atoms with Crippen LogP contribution in [0.5, 0.6) is 17.2 Å². The van der Waals surface area contributed by atoms with Gasteiger partial charge in [0.05, 0.1) is 30.9 Å². The molecule has 1 heterocycles. The summed E-state index contributed by atoms with van der Waals surface area (Å²) in [4.78, 5) is 12.7. The zero-order valence-electron chi connectivity index (χ0n) is 19.2. The van der Waals surface area contributed by atoms with Gasteiger partial charge in [0.25, 0.3) is 0 Å². The molecular formula is C24H32N2O6S. The van der Waals surface area contributed by atoms with E-state index in [1.165, 1.54) is 16.4 Å². The Bertz CT molecular complexity index is 1020. The van der Waals surface area contributed by atoms with Gasteiger partial charge < -0.3 is 19.5 Å². The van der Waals surface area contributed by atoms with Gasteiger partial charge in [0.15, 0.2) is 0 Å². The summed E-state index contributed by atoms with van der Waals surface area (Å²) in [5.41, 5.74) is 0.357. The van der Waals surface area contributed by atoms with Crippen molar-refractivity contribution in [3.8, 4) is 17.2 Å². The molecule has 1 N–H and O–H groups in total. The lowest BCUT2D eigenvalue weighted by Gasteiger charge is -2.26. The lowest BCUT2D eigenvalue weighted by molar-refractivity contribution is -0.116. The number of piperidine rings is 1. The maximum atomic E-state index is 13.0. The van der Waals surface area contributed by atoms with Crippen LogP contribution in [0.25, 0.3) is 0 Å². The van der Waals surface area contributed by atoms with Crippen LogP contribution in [0, 0.1) is 0 Å². The van der Waals surface area contributed by atoms with Crippen molar-refractivity contribution in [1.82, 2.24) is 4.31 Å². The summed E-state index contributed by atoms with van der Waals surface area (Å²) in [7, 11) is -2.01. The molecule has 0 bridgehead atoms. The van der Waals surface area contributed by atoms with Crippen molar-refractivity contribution in [3.05, 3.63) is 42.5 Å². The second-order valence-corrected chi connectivity index (χ2v) is 9.67. The Morgan fingerprint density at radius 2 is 1.70 bits per heavy atom. The van der Waals surface area contributed by atoms with Gasteiger partial charge in [-0.2, -0.15) is 4.31 Å². The van der Waals surface area contributed by atoms with Gasteiger partial charge in [-0.3, -0.25) is 4.79 Å². The van der Waals surface area contributed by atoms with Crippen LogP contribution in [0.3, 0.4) is 0 Å². The highest BCUT2D eigenvalue weighted by Gasteiger charge is 2.27. The van der Waals surface area contributed by atoms with E-state index in [0.717, 1.165) is 25.0 Å². The van der Waals surface area contributed by atoms with E-state index < -0.39 is 10.0 Å². The van der Waals surface area contributed by atoms with Crippen molar-refractivity contribution in [3.63, 3.8) is 0 Å². The highest BCUT2D eigenvalue weighted by atomic mass is 32.2. The molecule has 0 unspecified atom stereocenters. The maximum Gasteiger partial charge on any atom is 0.243 e. The number of anilines is 1. The van der Waals surface area contributed by atoms with Crippen molar-refractivity contribution in [2.24, 2.45) is 0 Å². The third-order valence-electron chi connectivity index (χ3n) is 5.35. The molecule has 2 aromatic rings. The third-order valence-corrected chi connectivity index (χ3v) is 7.25. The number of benzene rings is 2. The van der Waals surface area contributed by atoms with Crippen molar-refractivity contribution in [1.29, 1.82) is 0 Å². The Hall–Kier alpha value is -2.78. The first-order valence-corrected chi connectivity index (χ1v) is 12.7. The molecule has 0 aromatic heterocycles. The zero-order chi connectivity index (χ0) is 23.7. The fourth-order valence-electron chi connectivity index (χ4n) is 3.61. The first-order valence-electron chi connectivity index (χ1n) is 11.3. The van der Waals surface area contributed by atoms with E-state index >= 15 is 0 Å². The van der Waals surface area contributed by atoms with Gasteiger partial charge >= 0.3 is 0 Å². The number of nitrogens with one attached hydrogen (secondary N) is 1. The van der Waals surface area contributed by atoms with E-state index in [2.05, 4.69) is 5.32 Å². The van der Waals surface area contributed by atoms with Crippen LogP contribution in [-0.2, 0) is 14.8 Å². The number of amides is 1. The van der Waals surface area contributed by atoms with E-state index in [-0.39, 0.29) is 17.2 Å². The average Bonchev–Trinajstić information content (AvgIpc) is 2.84. The van der Waals surface area contributed by atoms with E-state index in [4.69, 9.17) is 14.2 Å². The first kappa shape index (κ1) is 24.9. The lowest BCUT2D eigenvalue weighted by atomic mass is 10.2. The van der Waals surface area contributed by atoms with Crippen molar-refractivity contribution in [2.75, 3.05) is 38.7 Å². The minimum Gasteiger partial charge on any atom is -0.497 e.